The van der Waals surface area contributed by atoms with E-state index in [0.717, 1.165) is 36.0 Å². The van der Waals surface area contributed by atoms with Gasteiger partial charge in [0.15, 0.2) is 11.5 Å². The van der Waals surface area contributed by atoms with Gasteiger partial charge in [0.05, 0.1) is 21.3 Å². The van der Waals surface area contributed by atoms with Crippen LogP contribution in [0.15, 0.2) is 36.4 Å². The van der Waals surface area contributed by atoms with Crippen LogP contribution in [0.4, 0.5) is 0 Å². The van der Waals surface area contributed by atoms with Crippen LogP contribution in [0, 0.1) is 0 Å². The van der Waals surface area contributed by atoms with E-state index in [2.05, 4.69) is 6.92 Å². The normalized spacial score (nSPS) is 17.8. The summed E-state index contributed by atoms with van der Waals surface area (Å²) >= 11 is 0. The monoisotopic (exact) mass is 510 g/mol. The van der Waals surface area contributed by atoms with Crippen molar-refractivity contribution in [2.75, 3.05) is 28.4 Å². The van der Waals surface area contributed by atoms with Crippen LogP contribution in [-0.2, 0) is 16.1 Å². The number of ether oxygens (including phenoxy) is 3. The van der Waals surface area contributed by atoms with Gasteiger partial charge in [-0.1, -0.05) is 69.7 Å². The largest absolute Gasteiger partial charge is 0.493 e. The fourth-order valence-electron chi connectivity index (χ4n) is 5.03. The third kappa shape index (κ3) is 6.56. The maximum absolute atomic E-state index is 13.4. The zero-order chi connectivity index (χ0) is 26.9. The molecule has 3 rings (SSSR count). The minimum Gasteiger partial charge on any atom is -0.493 e. The Labute approximate surface area is 221 Å². The van der Waals surface area contributed by atoms with E-state index < -0.39 is 6.04 Å². The molecule has 202 valence electrons. The van der Waals surface area contributed by atoms with Crippen LogP contribution in [0.25, 0.3) is 11.1 Å². The second-order valence-corrected chi connectivity index (χ2v) is 9.77. The Morgan fingerprint density at radius 3 is 1.95 bits per heavy atom. The summed E-state index contributed by atoms with van der Waals surface area (Å²) < 4.78 is 16.4. The average Bonchev–Trinajstić information content (AvgIpc) is 2.92. The van der Waals surface area contributed by atoms with Crippen molar-refractivity contribution in [1.29, 1.82) is 0 Å². The lowest BCUT2D eigenvalue weighted by Gasteiger charge is -2.42. The van der Waals surface area contributed by atoms with Crippen molar-refractivity contribution in [1.82, 2.24) is 9.80 Å². The third-order valence-electron chi connectivity index (χ3n) is 7.34. The molecule has 1 aliphatic rings. The third-order valence-corrected chi connectivity index (χ3v) is 7.34. The lowest BCUT2D eigenvalue weighted by Crippen LogP contribution is -2.62. The fourth-order valence-corrected chi connectivity index (χ4v) is 5.03. The fraction of sp³-hybridized carbons (Fsp3) is 0.533. The molecule has 2 atom stereocenters. The molecule has 0 N–H and O–H groups in total. The number of hydrogen-bond donors (Lipinski definition) is 0. The Balaban J connectivity index is 1.72. The summed E-state index contributed by atoms with van der Waals surface area (Å²) in [6.45, 7) is 4.43. The van der Waals surface area contributed by atoms with Crippen molar-refractivity contribution < 1.29 is 23.8 Å². The van der Waals surface area contributed by atoms with Crippen molar-refractivity contribution in [2.24, 2.45) is 0 Å². The second kappa shape index (κ2) is 13.4. The molecular weight excluding hydrogens is 468 g/mol. The molecule has 1 heterocycles. The van der Waals surface area contributed by atoms with Gasteiger partial charge in [0.2, 0.25) is 17.6 Å². The number of likely N-dealkylation sites (N-methyl/N-ethyl adjacent to an activating group) is 1. The molecule has 2 aromatic carbocycles. The van der Waals surface area contributed by atoms with Gasteiger partial charge in [-0.2, -0.15) is 0 Å². The number of benzene rings is 2. The van der Waals surface area contributed by atoms with Gasteiger partial charge in [-0.25, -0.2) is 0 Å². The molecule has 37 heavy (non-hydrogen) atoms. The summed E-state index contributed by atoms with van der Waals surface area (Å²) in [5.74, 6) is 1.77. The van der Waals surface area contributed by atoms with Gasteiger partial charge < -0.3 is 24.0 Å². The topological polar surface area (TPSA) is 68.3 Å². The number of nitrogens with zero attached hydrogens (tertiary/aromatic N) is 2. The molecule has 1 aliphatic heterocycles. The molecule has 1 fully saturated rings. The van der Waals surface area contributed by atoms with E-state index in [-0.39, 0.29) is 17.9 Å². The second-order valence-electron chi connectivity index (χ2n) is 9.77. The number of hydrogen-bond acceptors (Lipinski definition) is 5. The van der Waals surface area contributed by atoms with Crippen molar-refractivity contribution in [2.45, 2.75) is 77.4 Å². The van der Waals surface area contributed by atoms with Gasteiger partial charge in [-0.3, -0.25) is 9.59 Å². The number of amides is 2. The highest BCUT2D eigenvalue weighted by atomic mass is 16.5. The lowest BCUT2D eigenvalue weighted by atomic mass is 9.98. The van der Waals surface area contributed by atoms with Crippen LogP contribution in [0.5, 0.6) is 17.2 Å². The summed E-state index contributed by atoms with van der Waals surface area (Å²) in [5.41, 5.74) is 2.89. The first-order valence-corrected chi connectivity index (χ1v) is 13.3. The van der Waals surface area contributed by atoms with E-state index >= 15 is 0 Å². The Bertz CT molecular complexity index is 1030. The maximum Gasteiger partial charge on any atom is 0.246 e. The molecule has 0 saturated carbocycles. The van der Waals surface area contributed by atoms with Crippen molar-refractivity contribution in [3.8, 4) is 28.4 Å². The Morgan fingerprint density at radius 2 is 1.38 bits per heavy atom. The first-order valence-electron chi connectivity index (χ1n) is 13.3. The van der Waals surface area contributed by atoms with E-state index in [1.54, 1.807) is 38.2 Å². The molecule has 1 saturated heterocycles. The number of unbranched alkanes of at least 4 members (excludes halogenated alkanes) is 5. The van der Waals surface area contributed by atoms with Crippen molar-refractivity contribution in [3.05, 3.63) is 42.0 Å². The van der Waals surface area contributed by atoms with E-state index in [1.807, 2.05) is 43.3 Å². The van der Waals surface area contributed by atoms with Gasteiger partial charge in [-0.15, -0.1) is 0 Å². The molecule has 0 spiro atoms. The van der Waals surface area contributed by atoms with E-state index in [9.17, 15) is 9.59 Å². The summed E-state index contributed by atoms with van der Waals surface area (Å²) in [5, 5.41) is 0. The highest BCUT2D eigenvalue weighted by Crippen LogP contribution is 2.41. The van der Waals surface area contributed by atoms with Gasteiger partial charge >= 0.3 is 0 Å². The molecule has 0 bridgehead atoms. The molecule has 7 nitrogen and oxygen atoms in total. The Hall–Kier alpha value is -3.22. The molecule has 0 aliphatic carbocycles. The first-order chi connectivity index (χ1) is 17.9. The summed E-state index contributed by atoms with van der Waals surface area (Å²) in [6, 6.07) is 11.0. The predicted octanol–water partition coefficient (Wildman–Crippen LogP) is 5.69. The highest BCUT2D eigenvalue weighted by Gasteiger charge is 2.41. The Morgan fingerprint density at radius 1 is 0.784 bits per heavy atom. The smallest absolute Gasteiger partial charge is 0.246 e. The van der Waals surface area contributed by atoms with Gasteiger partial charge in [0, 0.05) is 13.6 Å². The van der Waals surface area contributed by atoms with E-state index in [1.165, 1.54) is 25.7 Å². The SMILES string of the molecule is CCCCCCCCC1C(=O)N(Cc2ccc(-c3cc(OC)c(OC)c(OC)c3)cc2)C(C)C(=O)N1C. The minimum absolute atomic E-state index is 0.00428. The minimum atomic E-state index is -0.479. The summed E-state index contributed by atoms with van der Waals surface area (Å²) in [4.78, 5) is 29.8. The number of methoxy groups -OCH3 is 3. The first kappa shape index (κ1) is 28.4. The van der Waals surface area contributed by atoms with Gasteiger partial charge in [0.25, 0.3) is 0 Å². The maximum atomic E-state index is 13.4. The molecule has 7 heteroatoms. The quantitative estimate of drug-likeness (QED) is 0.324. The number of carbonyl (C=O) groups excluding carboxylic acids is 2. The van der Waals surface area contributed by atoms with Crippen molar-refractivity contribution >= 4 is 11.8 Å². The van der Waals surface area contributed by atoms with Crippen LogP contribution in [0.2, 0.25) is 0 Å². The summed E-state index contributed by atoms with van der Waals surface area (Å²) in [7, 11) is 6.54. The number of piperazine rings is 1. The molecule has 2 aromatic rings. The number of rotatable bonds is 13. The van der Waals surface area contributed by atoms with Crippen LogP contribution >= 0.6 is 0 Å². The van der Waals surface area contributed by atoms with Gasteiger partial charge in [0.1, 0.15) is 12.1 Å². The van der Waals surface area contributed by atoms with Crippen LogP contribution in [0.3, 0.4) is 0 Å². The average molecular weight is 511 g/mol. The predicted molar refractivity (Wildman–Crippen MR) is 146 cm³/mol. The van der Waals surface area contributed by atoms with Crippen LogP contribution in [-0.4, -0.2) is 62.1 Å². The van der Waals surface area contributed by atoms with Crippen LogP contribution in [0.1, 0.15) is 64.4 Å². The van der Waals surface area contributed by atoms with E-state index in [4.69, 9.17) is 14.2 Å². The highest BCUT2D eigenvalue weighted by molar-refractivity contribution is 5.96. The van der Waals surface area contributed by atoms with Gasteiger partial charge in [-0.05, 0) is 42.2 Å². The lowest BCUT2D eigenvalue weighted by molar-refractivity contribution is -0.160. The zero-order valence-electron chi connectivity index (χ0n) is 23.2. The molecular formula is C30H42N2O5. The molecule has 2 amide bonds. The summed E-state index contributed by atoms with van der Waals surface area (Å²) in [6.07, 6.45) is 7.67. The van der Waals surface area contributed by atoms with E-state index in [0.29, 0.717) is 23.8 Å². The Kier molecular flexibility index (Phi) is 10.2. The van der Waals surface area contributed by atoms with Crippen molar-refractivity contribution in [3.63, 3.8) is 0 Å². The number of carbonyl (C=O) groups is 2. The molecule has 2 unspecified atom stereocenters. The zero-order valence-corrected chi connectivity index (χ0v) is 23.2. The standard InChI is InChI=1S/C30H42N2O5/c1-7-8-9-10-11-12-13-25-30(34)32(21(2)29(33)31(25)3)20-22-14-16-23(17-15-22)24-18-26(35-4)28(37-6)27(19-24)36-5/h14-19,21,25H,7-13,20H2,1-6H3. The molecule has 0 aromatic heterocycles. The van der Waals surface area contributed by atoms with Crippen LogP contribution < -0.4 is 14.2 Å². The molecule has 0 radical (unpaired) electrons.